The van der Waals surface area contributed by atoms with Gasteiger partial charge in [0.25, 0.3) is 0 Å². The zero-order chi connectivity index (χ0) is 10.6. The number of nitrogens with one attached hydrogen (secondary N) is 1. The quantitative estimate of drug-likeness (QED) is 0.606. The molecular formula is C10H20N2O2. The summed E-state index contributed by atoms with van der Waals surface area (Å²) in [4.78, 5) is 11.4. The highest BCUT2D eigenvalue weighted by Gasteiger charge is 2.25. The van der Waals surface area contributed by atoms with Gasteiger partial charge in [0.05, 0.1) is 18.2 Å². The second kappa shape index (κ2) is 5.32. The number of aliphatic hydroxyl groups excluding tert-OH is 1. The van der Waals surface area contributed by atoms with Gasteiger partial charge in [-0.15, -0.1) is 0 Å². The van der Waals surface area contributed by atoms with Crippen molar-refractivity contribution < 1.29 is 9.90 Å². The molecule has 0 aromatic carbocycles. The van der Waals surface area contributed by atoms with Crippen molar-refractivity contribution >= 4 is 5.91 Å². The molecule has 1 aliphatic carbocycles. The average Bonchev–Trinajstić information content (AvgIpc) is 2.20. The summed E-state index contributed by atoms with van der Waals surface area (Å²) in [5.41, 5.74) is 5.59. The van der Waals surface area contributed by atoms with Crippen LogP contribution in [-0.4, -0.2) is 29.2 Å². The Balaban J connectivity index is 2.38. The summed E-state index contributed by atoms with van der Waals surface area (Å²) >= 11 is 0. The molecule has 1 saturated carbocycles. The predicted octanol–water partition coefficient (Wildman–Crippen LogP) is 0.143. The van der Waals surface area contributed by atoms with Gasteiger partial charge in [0, 0.05) is 0 Å². The van der Waals surface area contributed by atoms with E-state index >= 15 is 0 Å². The zero-order valence-corrected chi connectivity index (χ0v) is 8.70. The topological polar surface area (TPSA) is 75.4 Å². The number of hydrogen-bond donors (Lipinski definition) is 3. The summed E-state index contributed by atoms with van der Waals surface area (Å²) in [6, 6.07) is -0.530. The second-order valence-electron chi connectivity index (χ2n) is 3.98. The molecule has 0 heterocycles. The Morgan fingerprint density at radius 1 is 1.57 bits per heavy atom. The fraction of sp³-hybridized carbons (Fsp3) is 0.900. The highest BCUT2D eigenvalue weighted by molar-refractivity contribution is 5.81. The van der Waals surface area contributed by atoms with Crippen LogP contribution in [0.5, 0.6) is 0 Å². The molecule has 1 fully saturated rings. The molecule has 82 valence electrons. The van der Waals surface area contributed by atoms with E-state index in [1.807, 2.05) is 6.92 Å². The van der Waals surface area contributed by atoms with E-state index in [2.05, 4.69) is 5.32 Å². The third-order valence-corrected chi connectivity index (χ3v) is 2.83. The van der Waals surface area contributed by atoms with Crippen molar-refractivity contribution in [2.24, 2.45) is 5.73 Å². The summed E-state index contributed by atoms with van der Waals surface area (Å²) in [5.74, 6) is -0.140. The van der Waals surface area contributed by atoms with Gasteiger partial charge in [-0.2, -0.15) is 0 Å². The van der Waals surface area contributed by atoms with Gasteiger partial charge in [0.15, 0.2) is 0 Å². The molecule has 0 bridgehead atoms. The van der Waals surface area contributed by atoms with Gasteiger partial charge in [0.2, 0.25) is 5.91 Å². The van der Waals surface area contributed by atoms with E-state index in [4.69, 9.17) is 5.73 Å². The predicted molar refractivity (Wildman–Crippen MR) is 54.7 cm³/mol. The van der Waals surface area contributed by atoms with Crippen LogP contribution in [0.3, 0.4) is 0 Å². The standard InChI is InChI=1S/C10H20N2O2/c1-2-7(11)10(14)12-8-5-3-4-6-9(8)13/h7-9,13H,2-6,11H2,1H3,(H,12,14)/t7-,8?,9?/m1/s1. The van der Waals surface area contributed by atoms with Gasteiger partial charge >= 0.3 is 0 Å². The van der Waals surface area contributed by atoms with E-state index in [1.54, 1.807) is 0 Å². The van der Waals surface area contributed by atoms with Gasteiger partial charge in [-0.3, -0.25) is 4.79 Å². The van der Waals surface area contributed by atoms with E-state index in [1.165, 1.54) is 0 Å². The van der Waals surface area contributed by atoms with Crippen molar-refractivity contribution in [1.82, 2.24) is 5.32 Å². The van der Waals surface area contributed by atoms with Gasteiger partial charge < -0.3 is 16.2 Å². The number of carbonyl (C=O) groups is 1. The third-order valence-electron chi connectivity index (χ3n) is 2.83. The van der Waals surface area contributed by atoms with Crippen LogP contribution in [-0.2, 0) is 4.79 Å². The van der Waals surface area contributed by atoms with Crippen LogP contribution in [0.4, 0.5) is 0 Å². The first kappa shape index (κ1) is 11.5. The first-order chi connectivity index (χ1) is 6.65. The van der Waals surface area contributed by atoms with Crippen LogP contribution in [0.25, 0.3) is 0 Å². The average molecular weight is 200 g/mol. The lowest BCUT2D eigenvalue weighted by molar-refractivity contribution is -0.124. The van der Waals surface area contributed by atoms with E-state index < -0.39 is 12.1 Å². The van der Waals surface area contributed by atoms with Crippen molar-refractivity contribution in [3.05, 3.63) is 0 Å². The molecule has 3 atom stereocenters. The lowest BCUT2D eigenvalue weighted by Gasteiger charge is -2.29. The van der Waals surface area contributed by atoms with Gasteiger partial charge in [-0.1, -0.05) is 19.8 Å². The molecule has 0 spiro atoms. The van der Waals surface area contributed by atoms with Crippen molar-refractivity contribution in [3.63, 3.8) is 0 Å². The molecule has 4 N–H and O–H groups in total. The van der Waals surface area contributed by atoms with Crippen molar-refractivity contribution in [2.45, 2.75) is 57.2 Å². The Bertz CT molecular complexity index is 197. The van der Waals surface area contributed by atoms with E-state index in [0.717, 1.165) is 25.7 Å². The van der Waals surface area contributed by atoms with Gasteiger partial charge in [0.1, 0.15) is 0 Å². The van der Waals surface area contributed by atoms with E-state index in [9.17, 15) is 9.90 Å². The largest absolute Gasteiger partial charge is 0.391 e. The number of carbonyl (C=O) groups excluding carboxylic acids is 1. The molecule has 0 radical (unpaired) electrons. The lowest BCUT2D eigenvalue weighted by Crippen LogP contribution is -2.50. The minimum Gasteiger partial charge on any atom is -0.391 e. The Morgan fingerprint density at radius 2 is 2.21 bits per heavy atom. The molecule has 1 rings (SSSR count). The number of amides is 1. The third kappa shape index (κ3) is 2.96. The number of aliphatic hydroxyl groups is 1. The van der Waals surface area contributed by atoms with Crippen LogP contribution >= 0.6 is 0 Å². The van der Waals surface area contributed by atoms with Crippen LogP contribution in [0.15, 0.2) is 0 Å². The summed E-state index contributed by atoms with van der Waals surface area (Å²) in [6.07, 6.45) is 4.01. The molecule has 0 aromatic heterocycles. The Kier molecular flexibility index (Phi) is 4.35. The van der Waals surface area contributed by atoms with Crippen LogP contribution in [0.1, 0.15) is 39.0 Å². The Labute approximate surface area is 84.9 Å². The maximum Gasteiger partial charge on any atom is 0.237 e. The summed E-state index contributed by atoms with van der Waals surface area (Å²) in [7, 11) is 0. The Morgan fingerprint density at radius 3 is 2.79 bits per heavy atom. The maximum atomic E-state index is 11.4. The maximum absolute atomic E-state index is 11.4. The summed E-state index contributed by atoms with van der Waals surface area (Å²) in [5, 5.41) is 12.4. The van der Waals surface area contributed by atoms with Crippen LogP contribution in [0, 0.1) is 0 Å². The SMILES string of the molecule is CC[C@@H](N)C(=O)NC1CCCCC1O. The van der Waals surface area contributed by atoms with E-state index in [-0.39, 0.29) is 11.9 Å². The molecule has 14 heavy (non-hydrogen) atoms. The molecule has 4 heteroatoms. The van der Waals surface area contributed by atoms with Crippen molar-refractivity contribution in [2.75, 3.05) is 0 Å². The molecule has 0 aromatic rings. The monoisotopic (exact) mass is 200 g/mol. The van der Waals surface area contributed by atoms with Crippen molar-refractivity contribution in [3.8, 4) is 0 Å². The zero-order valence-electron chi connectivity index (χ0n) is 8.70. The Hall–Kier alpha value is -0.610. The number of rotatable bonds is 3. The number of hydrogen-bond acceptors (Lipinski definition) is 3. The molecule has 4 nitrogen and oxygen atoms in total. The summed E-state index contributed by atoms with van der Waals surface area (Å²) in [6.45, 7) is 1.88. The van der Waals surface area contributed by atoms with Crippen LogP contribution in [0.2, 0.25) is 0 Å². The van der Waals surface area contributed by atoms with E-state index in [0.29, 0.717) is 6.42 Å². The molecule has 2 unspecified atom stereocenters. The number of nitrogens with two attached hydrogens (primary N) is 1. The first-order valence-electron chi connectivity index (χ1n) is 5.39. The fourth-order valence-electron chi connectivity index (χ4n) is 1.75. The highest BCUT2D eigenvalue weighted by atomic mass is 16.3. The minimum absolute atomic E-state index is 0.0890. The minimum atomic E-state index is -0.441. The molecule has 0 aliphatic heterocycles. The smallest absolute Gasteiger partial charge is 0.237 e. The molecule has 1 aliphatic rings. The molecular weight excluding hydrogens is 180 g/mol. The van der Waals surface area contributed by atoms with Crippen LogP contribution < -0.4 is 11.1 Å². The van der Waals surface area contributed by atoms with Gasteiger partial charge in [-0.05, 0) is 19.3 Å². The lowest BCUT2D eigenvalue weighted by atomic mass is 9.92. The summed E-state index contributed by atoms with van der Waals surface area (Å²) < 4.78 is 0. The highest BCUT2D eigenvalue weighted by Crippen LogP contribution is 2.18. The second-order valence-corrected chi connectivity index (χ2v) is 3.98. The molecule has 0 saturated heterocycles. The normalized spacial score (nSPS) is 29.6. The van der Waals surface area contributed by atoms with Crippen molar-refractivity contribution in [1.29, 1.82) is 0 Å². The molecule has 1 amide bonds. The fourth-order valence-corrected chi connectivity index (χ4v) is 1.75. The van der Waals surface area contributed by atoms with Gasteiger partial charge in [-0.25, -0.2) is 0 Å². The first-order valence-corrected chi connectivity index (χ1v) is 5.39.